The van der Waals surface area contributed by atoms with Crippen molar-refractivity contribution in [3.05, 3.63) is 53.1 Å². The maximum absolute atomic E-state index is 13.1. The Morgan fingerprint density at radius 3 is 2.54 bits per heavy atom. The Bertz CT molecular complexity index is 821. The van der Waals surface area contributed by atoms with E-state index in [1.54, 1.807) is 0 Å². The van der Waals surface area contributed by atoms with Crippen LogP contribution in [0, 0.1) is 6.92 Å². The minimum absolute atomic E-state index is 0.0743. The van der Waals surface area contributed by atoms with Gasteiger partial charge in [-0.25, -0.2) is 0 Å². The average Bonchev–Trinajstić information content (AvgIpc) is 2.55. The lowest BCUT2D eigenvalue weighted by Crippen LogP contribution is -2.27. The number of hydrogen-bond donors (Lipinski definition) is 3. The second kappa shape index (κ2) is 7.02. The number of rotatable bonds is 3. The van der Waals surface area contributed by atoms with E-state index in [1.807, 2.05) is 37.3 Å². The van der Waals surface area contributed by atoms with Crippen LogP contribution in [0.15, 0.2) is 36.4 Å². The zero-order valence-electron chi connectivity index (χ0n) is 16.4. The summed E-state index contributed by atoms with van der Waals surface area (Å²) < 4.78 is 0. The van der Waals surface area contributed by atoms with Crippen molar-refractivity contribution in [2.75, 3.05) is 22.5 Å². The Hall–Kier alpha value is -2.49. The summed E-state index contributed by atoms with van der Waals surface area (Å²) in [4.78, 5) is 13.1. The maximum Gasteiger partial charge on any atom is 0.257 e. The quantitative estimate of drug-likeness (QED) is 0.696. The molecule has 1 unspecified atom stereocenters. The van der Waals surface area contributed by atoms with Crippen molar-refractivity contribution in [3.8, 4) is 0 Å². The van der Waals surface area contributed by atoms with Gasteiger partial charge in [0.25, 0.3) is 5.91 Å². The van der Waals surface area contributed by atoms with Crippen LogP contribution in [-0.4, -0.2) is 18.0 Å². The molecule has 3 N–H and O–H groups in total. The highest BCUT2D eigenvalue weighted by molar-refractivity contribution is 6.10. The molecular weight excluding hydrogens is 322 g/mol. The summed E-state index contributed by atoms with van der Waals surface area (Å²) in [7, 11) is 0. The van der Waals surface area contributed by atoms with Gasteiger partial charge < -0.3 is 16.0 Å². The number of anilines is 3. The number of carbonyl (C=O) groups is 1. The highest BCUT2D eigenvalue weighted by Gasteiger charge is 2.23. The molecule has 0 bridgehead atoms. The van der Waals surface area contributed by atoms with Crippen LogP contribution in [0.25, 0.3) is 0 Å². The lowest BCUT2D eigenvalue weighted by atomic mass is 9.89. The van der Waals surface area contributed by atoms with Gasteiger partial charge in [0.15, 0.2) is 0 Å². The van der Waals surface area contributed by atoms with Crippen molar-refractivity contribution in [1.82, 2.24) is 0 Å². The Morgan fingerprint density at radius 1 is 1.15 bits per heavy atom. The van der Waals surface area contributed by atoms with Gasteiger partial charge in [-0.05, 0) is 69.4 Å². The summed E-state index contributed by atoms with van der Waals surface area (Å²) in [5, 5.41) is 9.99. The summed E-state index contributed by atoms with van der Waals surface area (Å²) in [6.07, 6.45) is 1.09. The highest BCUT2D eigenvalue weighted by atomic mass is 16.1. The number of aryl methyl sites for hydroxylation is 1. The maximum atomic E-state index is 13.1. The second-order valence-electron chi connectivity index (χ2n) is 8.27. The minimum Gasteiger partial charge on any atom is -0.384 e. The summed E-state index contributed by atoms with van der Waals surface area (Å²) in [6, 6.07) is 12.0. The summed E-state index contributed by atoms with van der Waals surface area (Å²) in [6.45, 7) is 11.5. The molecule has 1 heterocycles. The third kappa shape index (κ3) is 4.01. The number of carbonyl (C=O) groups excluding carboxylic acids is 1. The lowest BCUT2D eigenvalue weighted by molar-refractivity contribution is 0.102. The molecule has 2 aromatic rings. The molecule has 0 spiro atoms. The van der Waals surface area contributed by atoms with E-state index >= 15 is 0 Å². The standard InChI is InChI=1S/C22H29N3O/c1-14-12-16-15(2)10-11-23-20(16)17(13-14)21(26)24-18-8-6-7-9-19(18)25-22(3,4)5/h6-9,12-13,15,23,25H,10-11H2,1-5H3,(H,24,26). The Labute approximate surface area is 156 Å². The van der Waals surface area contributed by atoms with Gasteiger partial charge in [0.2, 0.25) is 0 Å². The zero-order valence-corrected chi connectivity index (χ0v) is 16.4. The van der Waals surface area contributed by atoms with Crippen molar-refractivity contribution in [2.24, 2.45) is 0 Å². The molecule has 0 saturated heterocycles. The van der Waals surface area contributed by atoms with Crippen LogP contribution in [0.5, 0.6) is 0 Å². The van der Waals surface area contributed by atoms with Gasteiger partial charge in [-0.15, -0.1) is 0 Å². The van der Waals surface area contributed by atoms with Crippen LogP contribution in [0.4, 0.5) is 17.1 Å². The minimum atomic E-state index is -0.0830. The number of nitrogens with one attached hydrogen (secondary N) is 3. The van der Waals surface area contributed by atoms with Gasteiger partial charge >= 0.3 is 0 Å². The lowest BCUT2D eigenvalue weighted by Gasteiger charge is -2.27. The Balaban J connectivity index is 1.93. The third-order valence-corrected chi connectivity index (χ3v) is 4.65. The second-order valence-corrected chi connectivity index (χ2v) is 8.27. The number of amides is 1. The molecule has 4 nitrogen and oxygen atoms in total. The van der Waals surface area contributed by atoms with Crippen LogP contribution >= 0.6 is 0 Å². The largest absolute Gasteiger partial charge is 0.384 e. The van der Waals surface area contributed by atoms with Crippen molar-refractivity contribution in [3.63, 3.8) is 0 Å². The van der Waals surface area contributed by atoms with E-state index in [9.17, 15) is 4.79 Å². The molecule has 26 heavy (non-hydrogen) atoms. The SMILES string of the molecule is Cc1cc(C(=O)Nc2ccccc2NC(C)(C)C)c2c(c1)C(C)CCN2. The molecule has 138 valence electrons. The van der Waals surface area contributed by atoms with Gasteiger partial charge in [-0.3, -0.25) is 4.79 Å². The first-order valence-electron chi connectivity index (χ1n) is 9.31. The fraction of sp³-hybridized carbons (Fsp3) is 0.409. The van der Waals surface area contributed by atoms with E-state index in [0.717, 1.165) is 41.2 Å². The number of benzene rings is 2. The predicted octanol–water partition coefficient (Wildman–Crippen LogP) is 5.38. The van der Waals surface area contributed by atoms with Crippen LogP contribution in [0.3, 0.4) is 0 Å². The van der Waals surface area contributed by atoms with Crippen LogP contribution < -0.4 is 16.0 Å². The molecule has 0 aliphatic carbocycles. The van der Waals surface area contributed by atoms with Gasteiger partial charge in [0.05, 0.1) is 22.6 Å². The first kappa shape index (κ1) is 18.3. The van der Waals surface area contributed by atoms with Gasteiger partial charge in [0.1, 0.15) is 0 Å². The molecule has 1 atom stereocenters. The van der Waals surface area contributed by atoms with E-state index < -0.39 is 0 Å². The number of para-hydroxylation sites is 2. The van der Waals surface area contributed by atoms with E-state index in [0.29, 0.717) is 5.92 Å². The first-order chi connectivity index (χ1) is 12.2. The summed E-state index contributed by atoms with van der Waals surface area (Å²) >= 11 is 0. The molecule has 0 fully saturated rings. The number of fused-ring (bicyclic) bond motifs is 1. The predicted molar refractivity (Wildman–Crippen MR) is 110 cm³/mol. The Kier molecular flexibility index (Phi) is 4.94. The fourth-order valence-corrected chi connectivity index (χ4v) is 3.44. The zero-order chi connectivity index (χ0) is 18.9. The molecular formula is C22H29N3O. The molecule has 3 rings (SSSR count). The van der Waals surface area contributed by atoms with E-state index in [-0.39, 0.29) is 11.4 Å². The fourth-order valence-electron chi connectivity index (χ4n) is 3.44. The van der Waals surface area contributed by atoms with E-state index in [1.165, 1.54) is 5.56 Å². The molecule has 0 radical (unpaired) electrons. The molecule has 4 heteroatoms. The summed E-state index contributed by atoms with van der Waals surface area (Å²) in [5.74, 6) is 0.391. The third-order valence-electron chi connectivity index (χ3n) is 4.65. The average molecular weight is 351 g/mol. The highest BCUT2D eigenvalue weighted by Crippen LogP contribution is 2.35. The van der Waals surface area contributed by atoms with E-state index in [4.69, 9.17) is 0 Å². The normalized spacial score (nSPS) is 16.4. The van der Waals surface area contributed by atoms with Gasteiger partial charge in [-0.2, -0.15) is 0 Å². The smallest absolute Gasteiger partial charge is 0.257 e. The molecule has 1 amide bonds. The topological polar surface area (TPSA) is 53.2 Å². The van der Waals surface area contributed by atoms with Gasteiger partial charge in [0, 0.05) is 12.1 Å². The van der Waals surface area contributed by atoms with Crippen LogP contribution in [-0.2, 0) is 0 Å². The molecule has 2 aromatic carbocycles. The van der Waals surface area contributed by atoms with E-state index in [2.05, 4.69) is 49.7 Å². The monoisotopic (exact) mass is 351 g/mol. The van der Waals surface area contributed by atoms with Crippen molar-refractivity contribution < 1.29 is 4.79 Å². The van der Waals surface area contributed by atoms with Gasteiger partial charge in [-0.1, -0.05) is 25.1 Å². The van der Waals surface area contributed by atoms with Crippen molar-refractivity contribution in [2.45, 2.75) is 52.5 Å². The molecule has 0 aromatic heterocycles. The van der Waals surface area contributed by atoms with Crippen molar-refractivity contribution >= 4 is 23.0 Å². The van der Waals surface area contributed by atoms with Crippen LogP contribution in [0.1, 0.15) is 61.5 Å². The van der Waals surface area contributed by atoms with Crippen LogP contribution in [0.2, 0.25) is 0 Å². The summed E-state index contributed by atoms with van der Waals surface area (Å²) in [5.41, 5.74) is 5.70. The first-order valence-corrected chi connectivity index (χ1v) is 9.31. The Morgan fingerprint density at radius 2 is 1.85 bits per heavy atom. The number of hydrogen-bond acceptors (Lipinski definition) is 3. The molecule has 0 saturated carbocycles. The molecule has 1 aliphatic rings. The molecule has 1 aliphatic heterocycles. The van der Waals surface area contributed by atoms with Crippen molar-refractivity contribution in [1.29, 1.82) is 0 Å².